The summed E-state index contributed by atoms with van der Waals surface area (Å²) in [6.45, 7) is 2.64. The molecule has 0 aromatic heterocycles. The third kappa shape index (κ3) is 6.69. The highest BCUT2D eigenvalue weighted by atomic mass is 32.2. The van der Waals surface area contributed by atoms with E-state index in [0.717, 1.165) is 29.2 Å². The Morgan fingerprint density at radius 1 is 1.06 bits per heavy atom. The summed E-state index contributed by atoms with van der Waals surface area (Å²) in [6.07, 6.45) is 5.24. The normalized spacial score (nSPS) is 14.3. The minimum Gasteiger partial charge on any atom is -0.372 e. The van der Waals surface area contributed by atoms with Crippen LogP contribution in [0.5, 0.6) is 0 Å². The topological polar surface area (TPSA) is 69.7 Å². The van der Waals surface area contributed by atoms with Crippen molar-refractivity contribution in [2.45, 2.75) is 38.6 Å². The summed E-state index contributed by atoms with van der Waals surface area (Å²) in [7, 11) is -3.65. The van der Waals surface area contributed by atoms with Gasteiger partial charge in [-0.15, -0.1) is 0 Å². The molecule has 0 aliphatic carbocycles. The third-order valence-corrected chi connectivity index (χ3v) is 6.61. The first-order valence-corrected chi connectivity index (χ1v) is 12.5. The molecule has 1 N–H and O–H groups in total. The first kappa shape index (κ1) is 23.1. The molecular formula is C23H30FN3O3S. The Bertz CT molecular complexity index is 974. The standard InChI is InChI=1S/C23H30FN3O3S/c1-31(29,30)27(22-9-4-3-8-21(22)24)17-7-10-23(28)25-18-19-11-13-20(14-12-19)26-15-5-2-6-16-26/h3-4,8-9,11-14H,2,5-7,10,15-18H2,1H3,(H,25,28). The highest BCUT2D eigenvalue weighted by Crippen LogP contribution is 2.22. The highest BCUT2D eigenvalue weighted by Gasteiger charge is 2.20. The van der Waals surface area contributed by atoms with Gasteiger partial charge in [0.15, 0.2) is 0 Å². The van der Waals surface area contributed by atoms with Gasteiger partial charge in [0.2, 0.25) is 15.9 Å². The van der Waals surface area contributed by atoms with Crippen LogP contribution >= 0.6 is 0 Å². The van der Waals surface area contributed by atoms with Crippen molar-refractivity contribution in [3.8, 4) is 0 Å². The number of para-hydroxylation sites is 1. The quantitative estimate of drug-likeness (QED) is 0.637. The predicted molar refractivity (Wildman–Crippen MR) is 122 cm³/mol. The number of halogens is 1. The number of rotatable bonds is 9. The summed E-state index contributed by atoms with van der Waals surface area (Å²) in [5, 5.41) is 2.87. The van der Waals surface area contributed by atoms with Gasteiger partial charge in [0.05, 0.1) is 11.9 Å². The van der Waals surface area contributed by atoms with Crippen LogP contribution in [0.25, 0.3) is 0 Å². The van der Waals surface area contributed by atoms with Crippen molar-refractivity contribution in [1.29, 1.82) is 0 Å². The third-order valence-electron chi connectivity index (χ3n) is 5.43. The van der Waals surface area contributed by atoms with E-state index in [0.29, 0.717) is 13.0 Å². The van der Waals surface area contributed by atoms with Gasteiger partial charge >= 0.3 is 0 Å². The zero-order chi connectivity index (χ0) is 22.3. The fourth-order valence-electron chi connectivity index (χ4n) is 3.77. The number of sulfonamides is 1. The molecule has 168 valence electrons. The van der Waals surface area contributed by atoms with Gasteiger partial charge in [-0.05, 0) is 55.5 Å². The van der Waals surface area contributed by atoms with Gasteiger partial charge in [-0.3, -0.25) is 9.10 Å². The largest absolute Gasteiger partial charge is 0.372 e. The molecule has 0 saturated carbocycles. The summed E-state index contributed by atoms with van der Waals surface area (Å²) in [6, 6.07) is 13.9. The second kappa shape index (κ2) is 10.6. The minimum absolute atomic E-state index is 0.000738. The van der Waals surface area contributed by atoms with Crippen molar-refractivity contribution in [2.75, 3.05) is 35.1 Å². The zero-order valence-corrected chi connectivity index (χ0v) is 18.7. The zero-order valence-electron chi connectivity index (χ0n) is 17.9. The van der Waals surface area contributed by atoms with Crippen molar-refractivity contribution in [3.63, 3.8) is 0 Å². The second-order valence-electron chi connectivity index (χ2n) is 7.88. The fourth-order valence-corrected chi connectivity index (χ4v) is 4.73. The van der Waals surface area contributed by atoms with E-state index in [9.17, 15) is 17.6 Å². The molecule has 8 heteroatoms. The van der Waals surface area contributed by atoms with Gasteiger partial charge < -0.3 is 10.2 Å². The van der Waals surface area contributed by atoms with Crippen LogP contribution in [0.4, 0.5) is 15.8 Å². The van der Waals surface area contributed by atoms with E-state index in [1.807, 2.05) is 12.1 Å². The number of benzene rings is 2. The Kier molecular flexibility index (Phi) is 7.90. The van der Waals surface area contributed by atoms with E-state index in [4.69, 9.17) is 0 Å². The van der Waals surface area contributed by atoms with Gasteiger partial charge in [0, 0.05) is 38.3 Å². The lowest BCUT2D eigenvalue weighted by Gasteiger charge is -2.28. The lowest BCUT2D eigenvalue weighted by molar-refractivity contribution is -0.121. The molecule has 6 nitrogen and oxygen atoms in total. The molecule has 1 fully saturated rings. The van der Waals surface area contributed by atoms with Crippen LogP contribution in [0.2, 0.25) is 0 Å². The maximum Gasteiger partial charge on any atom is 0.232 e. The van der Waals surface area contributed by atoms with Crippen molar-refractivity contribution >= 4 is 27.3 Å². The summed E-state index contributed by atoms with van der Waals surface area (Å²) in [5.74, 6) is -0.771. The van der Waals surface area contributed by atoms with Crippen LogP contribution in [-0.4, -0.2) is 40.2 Å². The van der Waals surface area contributed by atoms with E-state index >= 15 is 0 Å². The smallest absolute Gasteiger partial charge is 0.232 e. The van der Waals surface area contributed by atoms with Crippen molar-refractivity contribution in [2.24, 2.45) is 0 Å². The van der Waals surface area contributed by atoms with Gasteiger partial charge in [-0.1, -0.05) is 24.3 Å². The van der Waals surface area contributed by atoms with Crippen LogP contribution in [0.15, 0.2) is 48.5 Å². The first-order chi connectivity index (χ1) is 14.8. The minimum atomic E-state index is -3.65. The lowest BCUT2D eigenvalue weighted by atomic mass is 10.1. The molecular weight excluding hydrogens is 417 g/mol. The monoisotopic (exact) mass is 447 g/mol. The van der Waals surface area contributed by atoms with E-state index in [1.54, 1.807) is 6.07 Å². The van der Waals surface area contributed by atoms with Gasteiger partial charge in [-0.2, -0.15) is 0 Å². The van der Waals surface area contributed by atoms with E-state index < -0.39 is 15.8 Å². The molecule has 0 bridgehead atoms. The SMILES string of the molecule is CS(=O)(=O)N(CCCC(=O)NCc1ccc(N2CCCCC2)cc1)c1ccccc1F. The molecule has 2 aromatic carbocycles. The number of carbonyl (C=O) groups excluding carboxylic acids is 1. The molecule has 0 unspecified atom stereocenters. The molecule has 1 aliphatic heterocycles. The van der Waals surface area contributed by atoms with Crippen LogP contribution in [0, 0.1) is 5.82 Å². The first-order valence-electron chi connectivity index (χ1n) is 10.7. The number of anilines is 2. The predicted octanol–water partition coefficient (Wildman–Crippen LogP) is 3.68. The molecule has 1 saturated heterocycles. The summed E-state index contributed by atoms with van der Waals surface area (Å²) < 4.78 is 39.2. The maximum absolute atomic E-state index is 14.0. The lowest BCUT2D eigenvalue weighted by Crippen LogP contribution is -2.32. The molecule has 0 atom stereocenters. The van der Waals surface area contributed by atoms with E-state index in [-0.39, 0.29) is 24.6 Å². The van der Waals surface area contributed by atoms with Crippen molar-refractivity contribution in [3.05, 3.63) is 59.9 Å². The molecule has 1 aliphatic rings. The van der Waals surface area contributed by atoms with Gasteiger partial charge in [-0.25, -0.2) is 12.8 Å². The number of nitrogens with one attached hydrogen (secondary N) is 1. The maximum atomic E-state index is 14.0. The van der Waals surface area contributed by atoms with Crippen LogP contribution < -0.4 is 14.5 Å². The number of amides is 1. The molecule has 0 radical (unpaired) electrons. The number of hydrogen-bond donors (Lipinski definition) is 1. The average Bonchev–Trinajstić information content (AvgIpc) is 2.76. The van der Waals surface area contributed by atoms with Crippen molar-refractivity contribution in [1.82, 2.24) is 5.32 Å². The van der Waals surface area contributed by atoms with E-state index in [2.05, 4.69) is 22.3 Å². The molecule has 1 heterocycles. The summed E-state index contributed by atoms with van der Waals surface area (Å²) >= 11 is 0. The van der Waals surface area contributed by atoms with Gasteiger partial charge in [0.25, 0.3) is 0 Å². The Balaban J connectivity index is 1.47. The van der Waals surface area contributed by atoms with Crippen LogP contribution in [0.3, 0.4) is 0 Å². The van der Waals surface area contributed by atoms with E-state index in [1.165, 1.54) is 43.1 Å². The Morgan fingerprint density at radius 3 is 2.39 bits per heavy atom. The van der Waals surface area contributed by atoms with Gasteiger partial charge in [0.1, 0.15) is 5.82 Å². The Labute approximate surface area is 184 Å². The number of hydrogen-bond acceptors (Lipinski definition) is 4. The Hall–Kier alpha value is -2.61. The Morgan fingerprint density at radius 2 is 1.74 bits per heavy atom. The fraction of sp³-hybridized carbons (Fsp3) is 0.435. The van der Waals surface area contributed by atoms with Crippen molar-refractivity contribution < 1.29 is 17.6 Å². The number of piperidine rings is 1. The number of carbonyl (C=O) groups is 1. The molecule has 0 spiro atoms. The highest BCUT2D eigenvalue weighted by molar-refractivity contribution is 7.92. The molecule has 31 heavy (non-hydrogen) atoms. The second-order valence-corrected chi connectivity index (χ2v) is 9.79. The summed E-state index contributed by atoms with van der Waals surface area (Å²) in [4.78, 5) is 14.6. The molecule has 1 amide bonds. The van der Waals surface area contributed by atoms with Crippen LogP contribution in [-0.2, 0) is 21.4 Å². The van der Waals surface area contributed by atoms with Crippen LogP contribution in [0.1, 0.15) is 37.7 Å². The average molecular weight is 448 g/mol. The molecule has 3 rings (SSSR count). The summed E-state index contributed by atoms with van der Waals surface area (Å²) in [5.41, 5.74) is 2.22. The molecule has 2 aromatic rings. The number of nitrogens with zero attached hydrogens (tertiary/aromatic N) is 2.